The van der Waals surface area contributed by atoms with Crippen molar-refractivity contribution in [1.29, 1.82) is 0 Å². The first kappa shape index (κ1) is 16.3. The lowest BCUT2D eigenvalue weighted by Gasteiger charge is -2.27. The molecule has 5 N–H and O–H groups in total. The molecule has 6 nitrogen and oxygen atoms in total. The SMILES string of the molecule is NC(=O)C1CCC(NS(=O)(=O)c2cc(N)ccc2Br)CC1. The molecule has 0 aromatic heterocycles. The minimum atomic E-state index is -3.64. The number of amides is 1. The minimum absolute atomic E-state index is 0.125. The van der Waals surface area contributed by atoms with Crippen LogP contribution >= 0.6 is 15.9 Å². The maximum absolute atomic E-state index is 12.4. The highest BCUT2D eigenvalue weighted by Gasteiger charge is 2.28. The summed E-state index contributed by atoms with van der Waals surface area (Å²) in [5.74, 6) is -0.459. The molecule has 1 aromatic carbocycles. The van der Waals surface area contributed by atoms with Gasteiger partial charge in [-0.05, 0) is 59.8 Å². The van der Waals surface area contributed by atoms with Gasteiger partial charge in [0.15, 0.2) is 0 Å². The number of carbonyl (C=O) groups excluding carboxylic acids is 1. The van der Waals surface area contributed by atoms with Gasteiger partial charge in [-0.2, -0.15) is 0 Å². The fourth-order valence-corrected chi connectivity index (χ4v) is 4.81. The Hall–Kier alpha value is -1.12. The molecule has 0 saturated heterocycles. The molecule has 8 heteroatoms. The van der Waals surface area contributed by atoms with E-state index in [-0.39, 0.29) is 22.8 Å². The van der Waals surface area contributed by atoms with E-state index in [0.29, 0.717) is 35.8 Å². The average Bonchev–Trinajstić information content (AvgIpc) is 2.41. The van der Waals surface area contributed by atoms with Gasteiger partial charge >= 0.3 is 0 Å². The number of hydrogen-bond acceptors (Lipinski definition) is 4. The van der Waals surface area contributed by atoms with Crippen LogP contribution < -0.4 is 16.2 Å². The van der Waals surface area contributed by atoms with Crippen molar-refractivity contribution in [2.24, 2.45) is 11.7 Å². The lowest BCUT2D eigenvalue weighted by atomic mass is 9.86. The highest BCUT2D eigenvalue weighted by atomic mass is 79.9. The van der Waals surface area contributed by atoms with E-state index in [4.69, 9.17) is 11.5 Å². The summed E-state index contributed by atoms with van der Waals surface area (Å²) in [4.78, 5) is 11.2. The Morgan fingerprint density at radius 2 is 1.86 bits per heavy atom. The monoisotopic (exact) mass is 375 g/mol. The standard InChI is InChI=1S/C13H18BrN3O3S/c14-11-6-3-9(15)7-12(11)21(19,20)17-10-4-1-8(2-5-10)13(16)18/h3,6-8,10,17H,1-2,4-5,15H2,(H2,16,18). The lowest BCUT2D eigenvalue weighted by Crippen LogP contribution is -2.39. The molecule has 0 bridgehead atoms. The summed E-state index contributed by atoms with van der Waals surface area (Å²) >= 11 is 3.22. The zero-order valence-corrected chi connectivity index (χ0v) is 13.8. The third-order valence-corrected chi connectivity index (χ3v) is 6.21. The fourth-order valence-electron chi connectivity index (χ4n) is 2.50. The van der Waals surface area contributed by atoms with Gasteiger partial charge in [0.25, 0.3) is 0 Å². The quantitative estimate of drug-likeness (QED) is 0.688. The number of benzene rings is 1. The molecule has 1 aliphatic rings. The molecular formula is C13H18BrN3O3S. The predicted molar refractivity (Wildman–Crippen MR) is 83.8 cm³/mol. The van der Waals surface area contributed by atoms with Crippen molar-refractivity contribution in [1.82, 2.24) is 4.72 Å². The summed E-state index contributed by atoms with van der Waals surface area (Å²) in [6, 6.07) is 4.47. The van der Waals surface area contributed by atoms with Crippen LogP contribution in [0.1, 0.15) is 25.7 Å². The van der Waals surface area contributed by atoms with Crippen LogP contribution in [0.4, 0.5) is 5.69 Å². The fraction of sp³-hybridized carbons (Fsp3) is 0.462. The number of nitrogens with two attached hydrogens (primary N) is 2. The first-order chi connectivity index (χ1) is 9.79. The van der Waals surface area contributed by atoms with Crippen LogP contribution in [0.25, 0.3) is 0 Å². The highest BCUT2D eigenvalue weighted by molar-refractivity contribution is 9.10. The van der Waals surface area contributed by atoms with Crippen LogP contribution in [0, 0.1) is 5.92 Å². The summed E-state index contributed by atoms with van der Waals surface area (Å²) in [6.07, 6.45) is 2.43. The third kappa shape index (κ3) is 3.96. The van der Waals surface area contributed by atoms with Gasteiger partial charge in [0.2, 0.25) is 15.9 Å². The molecule has 0 spiro atoms. The van der Waals surface area contributed by atoms with Crippen molar-refractivity contribution in [2.45, 2.75) is 36.6 Å². The van der Waals surface area contributed by atoms with Crippen molar-refractivity contribution < 1.29 is 13.2 Å². The molecular weight excluding hydrogens is 358 g/mol. The van der Waals surface area contributed by atoms with Crippen LogP contribution in [0.3, 0.4) is 0 Å². The van der Waals surface area contributed by atoms with Gasteiger partial charge in [-0.15, -0.1) is 0 Å². The molecule has 1 aliphatic carbocycles. The summed E-state index contributed by atoms with van der Waals surface area (Å²) < 4.78 is 27.9. The molecule has 116 valence electrons. The predicted octanol–water partition coefficient (Wildman–Crippen LogP) is 1.35. The van der Waals surface area contributed by atoms with Gasteiger partial charge in [0.1, 0.15) is 0 Å². The van der Waals surface area contributed by atoms with Crippen molar-refractivity contribution in [3.8, 4) is 0 Å². The molecule has 1 aromatic rings. The largest absolute Gasteiger partial charge is 0.399 e. The first-order valence-corrected chi connectivity index (χ1v) is 8.94. The number of halogens is 1. The molecule has 0 atom stereocenters. The van der Waals surface area contributed by atoms with Gasteiger partial charge in [-0.25, -0.2) is 13.1 Å². The molecule has 0 aliphatic heterocycles. The molecule has 1 fully saturated rings. The number of anilines is 1. The van der Waals surface area contributed by atoms with E-state index in [1.807, 2.05) is 0 Å². The van der Waals surface area contributed by atoms with Crippen LogP contribution in [0.2, 0.25) is 0 Å². The van der Waals surface area contributed by atoms with Crippen LogP contribution in [-0.4, -0.2) is 20.4 Å². The van der Waals surface area contributed by atoms with E-state index >= 15 is 0 Å². The number of rotatable bonds is 4. The number of carbonyl (C=O) groups is 1. The van der Waals surface area contributed by atoms with Crippen LogP contribution in [0.5, 0.6) is 0 Å². The smallest absolute Gasteiger partial charge is 0.242 e. The molecule has 1 amide bonds. The van der Waals surface area contributed by atoms with E-state index in [0.717, 1.165) is 0 Å². The summed E-state index contributed by atoms with van der Waals surface area (Å²) in [6.45, 7) is 0. The third-order valence-electron chi connectivity index (χ3n) is 3.70. The topological polar surface area (TPSA) is 115 Å². The van der Waals surface area contributed by atoms with Crippen molar-refractivity contribution in [2.75, 3.05) is 5.73 Å². The molecule has 0 heterocycles. The number of primary amides is 1. The van der Waals surface area contributed by atoms with Gasteiger partial charge in [0.05, 0.1) is 4.90 Å². The molecule has 0 unspecified atom stereocenters. The summed E-state index contributed by atoms with van der Waals surface area (Å²) in [5, 5.41) is 0. The summed E-state index contributed by atoms with van der Waals surface area (Å²) in [5.41, 5.74) is 11.3. The zero-order chi connectivity index (χ0) is 15.6. The van der Waals surface area contributed by atoms with E-state index in [1.54, 1.807) is 12.1 Å². The van der Waals surface area contributed by atoms with E-state index in [2.05, 4.69) is 20.7 Å². The Morgan fingerprint density at radius 1 is 1.24 bits per heavy atom. The average molecular weight is 376 g/mol. The van der Waals surface area contributed by atoms with E-state index < -0.39 is 10.0 Å². The Morgan fingerprint density at radius 3 is 2.43 bits per heavy atom. The van der Waals surface area contributed by atoms with Crippen molar-refractivity contribution in [3.63, 3.8) is 0 Å². The van der Waals surface area contributed by atoms with Crippen molar-refractivity contribution in [3.05, 3.63) is 22.7 Å². The van der Waals surface area contributed by atoms with Gasteiger partial charge in [-0.1, -0.05) is 0 Å². The number of sulfonamides is 1. The Balaban J connectivity index is 2.09. The summed E-state index contributed by atoms with van der Waals surface area (Å²) in [7, 11) is -3.64. The van der Waals surface area contributed by atoms with Crippen LogP contribution in [0.15, 0.2) is 27.6 Å². The second kappa shape index (κ2) is 6.33. The second-order valence-corrected chi connectivity index (χ2v) is 7.80. The lowest BCUT2D eigenvalue weighted by molar-refractivity contribution is -0.122. The first-order valence-electron chi connectivity index (χ1n) is 6.66. The zero-order valence-electron chi connectivity index (χ0n) is 11.4. The molecule has 21 heavy (non-hydrogen) atoms. The highest BCUT2D eigenvalue weighted by Crippen LogP contribution is 2.28. The second-order valence-electron chi connectivity index (χ2n) is 5.26. The Bertz CT molecular complexity index is 640. The maximum Gasteiger partial charge on any atom is 0.242 e. The van der Waals surface area contributed by atoms with Gasteiger partial charge in [0, 0.05) is 22.1 Å². The number of nitrogen functional groups attached to an aromatic ring is 1. The van der Waals surface area contributed by atoms with E-state index in [9.17, 15) is 13.2 Å². The number of hydrogen-bond donors (Lipinski definition) is 3. The molecule has 0 radical (unpaired) electrons. The minimum Gasteiger partial charge on any atom is -0.399 e. The number of nitrogens with one attached hydrogen (secondary N) is 1. The maximum atomic E-state index is 12.4. The Kier molecular flexibility index (Phi) is 4.90. The van der Waals surface area contributed by atoms with Gasteiger partial charge < -0.3 is 11.5 Å². The van der Waals surface area contributed by atoms with E-state index in [1.165, 1.54) is 6.07 Å². The normalized spacial score (nSPS) is 22.9. The van der Waals surface area contributed by atoms with Crippen LogP contribution in [-0.2, 0) is 14.8 Å². The Labute approximate surface area is 132 Å². The van der Waals surface area contributed by atoms with Crippen molar-refractivity contribution >= 4 is 37.5 Å². The molecule has 1 saturated carbocycles. The molecule has 2 rings (SSSR count). The van der Waals surface area contributed by atoms with Gasteiger partial charge in [-0.3, -0.25) is 4.79 Å².